The Bertz CT molecular complexity index is 1240. The highest BCUT2D eigenvalue weighted by Gasteiger charge is 2.18. The fourth-order valence-electron chi connectivity index (χ4n) is 2.88. The first kappa shape index (κ1) is 18.6. The van der Waals surface area contributed by atoms with Gasteiger partial charge in [-0.2, -0.15) is 4.98 Å². The number of halogens is 1. The van der Waals surface area contributed by atoms with Crippen LogP contribution >= 0.6 is 11.6 Å². The summed E-state index contributed by atoms with van der Waals surface area (Å²) in [5.41, 5.74) is 2.99. The first-order valence-corrected chi connectivity index (χ1v) is 8.88. The first-order valence-electron chi connectivity index (χ1n) is 8.51. The van der Waals surface area contributed by atoms with Gasteiger partial charge in [0.25, 0.3) is 11.6 Å². The summed E-state index contributed by atoms with van der Waals surface area (Å²) in [6.07, 6.45) is 1.63. The van der Waals surface area contributed by atoms with E-state index in [1.165, 1.54) is 12.1 Å². The van der Waals surface area contributed by atoms with Crippen molar-refractivity contribution in [1.82, 2.24) is 9.97 Å². The molecule has 0 saturated carbocycles. The molecule has 2 aromatic heterocycles. The maximum absolute atomic E-state index is 12.6. The summed E-state index contributed by atoms with van der Waals surface area (Å²) >= 11 is 6.05. The number of non-ortho nitro benzene ring substituents is 1. The third-order valence-corrected chi connectivity index (χ3v) is 4.70. The summed E-state index contributed by atoms with van der Waals surface area (Å²) in [6.45, 7) is 1.82. The lowest BCUT2D eigenvalue weighted by Crippen LogP contribution is -2.13. The Labute approximate surface area is 169 Å². The number of hydrogen-bond acceptors (Lipinski definition) is 6. The molecule has 0 fully saturated rings. The zero-order chi connectivity index (χ0) is 20.5. The highest BCUT2D eigenvalue weighted by Crippen LogP contribution is 2.31. The van der Waals surface area contributed by atoms with Crippen LogP contribution in [0.3, 0.4) is 0 Å². The molecule has 1 N–H and O–H groups in total. The van der Waals surface area contributed by atoms with Gasteiger partial charge in [-0.15, -0.1) is 0 Å². The van der Waals surface area contributed by atoms with Gasteiger partial charge in [-0.25, -0.2) is 4.98 Å². The molecule has 0 aliphatic carbocycles. The second kappa shape index (κ2) is 7.33. The van der Waals surface area contributed by atoms with Gasteiger partial charge in [0.05, 0.1) is 15.5 Å². The van der Waals surface area contributed by atoms with Gasteiger partial charge < -0.3 is 9.73 Å². The molecule has 0 unspecified atom stereocenters. The van der Waals surface area contributed by atoms with E-state index >= 15 is 0 Å². The van der Waals surface area contributed by atoms with Crippen molar-refractivity contribution < 1.29 is 14.1 Å². The molecular formula is C20H13ClN4O4. The van der Waals surface area contributed by atoms with E-state index in [9.17, 15) is 14.9 Å². The summed E-state index contributed by atoms with van der Waals surface area (Å²) in [7, 11) is 0. The molecule has 2 aromatic carbocycles. The van der Waals surface area contributed by atoms with Gasteiger partial charge in [-0.05, 0) is 42.8 Å². The molecule has 0 aliphatic rings. The zero-order valence-corrected chi connectivity index (χ0v) is 15.8. The van der Waals surface area contributed by atoms with Crippen molar-refractivity contribution in [2.45, 2.75) is 6.92 Å². The number of nitrogens with zero attached hydrogens (tertiary/aromatic N) is 3. The predicted octanol–water partition coefficient (Wildman–Crippen LogP) is 5.01. The fourth-order valence-corrected chi connectivity index (χ4v) is 3.14. The van der Waals surface area contributed by atoms with Crippen LogP contribution in [0.2, 0.25) is 5.02 Å². The average molecular weight is 409 g/mol. The molecule has 144 valence electrons. The minimum absolute atomic E-state index is 0.00414. The number of nitro groups is 1. The van der Waals surface area contributed by atoms with Crippen LogP contribution in [0.25, 0.3) is 22.7 Å². The molecule has 29 heavy (non-hydrogen) atoms. The molecule has 0 spiro atoms. The van der Waals surface area contributed by atoms with Crippen molar-refractivity contribution in [1.29, 1.82) is 0 Å². The predicted molar refractivity (Wildman–Crippen MR) is 108 cm³/mol. The van der Waals surface area contributed by atoms with E-state index in [1.54, 1.807) is 30.5 Å². The summed E-state index contributed by atoms with van der Waals surface area (Å²) < 4.78 is 5.76. The number of hydrogen-bond donors (Lipinski definition) is 1. The normalized spacial score (nSPS) is 10.8. The van der Waals surface area contributed by atoms with Gasteiger partial charge in [-0.3, -0.25) is 14.9 Å². The minimum Gasteiger partial charge on any atom is -0.434 e. The zero-order valence-electron chi connectivity index (χ0n) is 15.0. The quantitative estimate of drug-likeness (QED) is 0.375. The van der Waals surface area contributed by atoms with Crippen molar-refractivity contribution in [2.75, 3.05) is 5.32 Å². The molecule has 0 atom stereocenters. The molecule has 2 heterocycles. The monoisotopic (exact) mass is 408 g/mol. The maximum Gasteiger partial charge on any atom is 0.270 e. The number of carbonyl (C=O) groups excluding carboxylic acids is 1. The average Bonchev–Trinajstić information content (AvgIpc) is 3.13. The smallest absolute Gasteiger partial charge is 0.270 e. The number of oxazole rings is 1. The van der Waals surface area contributed by atoms with E-state index < -0.39 is 10.8 Å². The Balaban J connectivity index is 1.65. The summed E-state index contributed by atoms with van der Waals surface area (Å²) in [5, 5.41) is 13.6. The SMILES string of the molecule is Cc1c(NC(=O)c2ccc([N+](=O)[O-])cc2Cl)cccc1-c1nc2ncccc2o1. The molecule has 8 nitrogen and oxygen atoms in total. The van der Waals surface area contributed by atoms with Crippen LogP contribution in [-0.4, -0.2) is 20.8 Å². The standard InChI is InChI=1S/C20H13ClN4O4/c1-11-13(20-24-18-17(29-20)6-3-9-22-18)4-2-5-16(11)23-19(26)14-8-7-12(25(27)28)10-15(14)21/h2-10H,1H3,(H,23,26). The highest BCUT2D eigenvalue weighted by molar-refractivity contribution is 6.34. The van der Waals surface area contributed by atoms with Crippen LogP contribution in [0.1, 0.15) is 15.9 Å². The number of nitro benzene ring substituents is 1. The third kappa shape index (κ3) is 3.53. The molecule has 4 aromatic rings. The third-order valence-electron chi connectivity index (χ3n) is 4.39. The Kier molecular flexibility index (Phi) is 4.69. The van der Waals surface area contributed by atoms with Crippen LogP contribution in [-0.2, 0) is 0 Å². The summed E-state index contributed by atoms with van der Waals surface area (Å²) in [6, 6.07) is 12.6. The van der Waals surface area contributed by atoms with E-state index in [2.05, 4.69) is 15.3 Å². The molecular weight excluding hydrogens is 396 g/mol. The van der Waals surface area contributed by atoms with E-state index in [0.29, 0.717) is 28.4 Å². The van der Waals surface area contributed by atoms with Gasteiger partial charge in [-0.1, -0.05) is 17.7 Å². The van der Waals surface area contributed by atoms with Gasteiger partial charge >= 0.3 is 0 Å². The Hall–Kier alpha value is -3.78. The second-order valence-electron chi connectivity index (χ2n) is 6.20. The number of anilines is 1. The molecule has 0 aliphatic heterocycles. The van der Waals surface area contributed by atoms with Gasteiger partial charge in [0.1, 0.15) is 0 Å². The van der Waals surface area contributed by atoms with Gasteiger partial charge in [0, 0.05) is 29.6 Å². The van der Waals surface area contributed by atoms with Gasteiger partial charge in [0.15, 0.2) is 11.2 Å². The summed E-state index contributed by atoms with van der Waals surface area (Å²) in [4.78, 5) is 31.5. The molecule has 0 saturated heterocycles. The van der Waals surface area contributed by atoms with Crippen molar-refractivity contribution in [3.05, 3.63) is 81.0 Å². The molecule has 0 bridgehead atoms. The molecule has 4 rings (SSSR count). The number of fused-ring (bicyclic) bond motifs is 1. The number of rotatable bonds is 4. The lowest BCUT2D eigenvalue weighted by molar-refractivity contribution is -0.384. The second-order valence-corrected chi connectivity index (χ2v) is 6.60. The van der Waals surface area contributed by atoms with Crippen LogP contribution < -0.4 is 5.32 Å². The van der Waals surface area contributed by atoms with Crippen LogP contribution in [0.5, 0.6) is 0 Å². The lowest BCUT2D eigenvalue weighted by atomic mass is 10.1. The van der Waals surface area contributed by atoms with Gasteiger partial charge in [0.2, 0.25) is 5.89 Å². The van der Waals surface area contributed by atoms with E-state index in [0.717, 1.165) is 11.6 Å². The Morgan fingerprint density at radius 1 is 1.21 bits per heavy atom. The van der Waals surface area contributed by atoms with Crippen molar-refractivity contribution in [3.8, 4) is 11.5 Å². The molecule has 9 heteroatoms. The number of pyridine rings is 1. The maximum atomic E-state index is 12.6. The first-order chi connectivity index (χ1) is 13.9. The topological polar surface area (TPSA) is 111 Å². The van der Waals surface area contributed by atoms with Crippen LogP contribution in [0, 0.1) is 17.0 Å². The van der Waals surface area contributed by atoms with Crippen LogP contribution in [0.15, 0.2) is 59.1 Å². The molecule has 1 amide bonds. The summed E-state index contributed by atoms with van der Waals surface area (Å²) in [5.74, 6) is -0.0925. The van der Waals surface area contributed by atoms with E-state index in [4.69, 9.17) is 16.0 Å². The highest BCUT2D eigenvalue weighted by atomic mass is 35.5. The number of aromatic nitrogens is 2. The largest absolute Gasteiger partial charge is 0.434 e. The Morgan fingerprint density at radius 3 is 2.76 bits per heavy atom. The minimum atomic E-state index is -0.573. The van der Waals surface area contributed by atoms with E-state index in [-0.39, 0.29) is 16.3 Å². The van der Waals surface area contributed by atoms with Crippen molar-refractivity contribution >= 4 is 40.1 Å². The lowest BCUT2D eigenvalue weighted by Gasteiger charge is -2.11. The van der Waals surface area contributed by atoms with E-state index in [1.807, 2.05) is 13.0 Å². The number of benzene rings is 2. The number of nitrogens with one attached hydrogen (secondary N) is 1. The fraction of sp³-hybridized carbons (Fsp3) is 0.0500. The van der Waals surface area contributed by atoms with Crippen LogP contribution in [0.4, 0.5) is 11.4 Å². The number of carbonyl (C=O) groups is 1. The van der Waals surface area contributed by atoms with Crippen molar-refractivity contribution in [3.63, 3.8) is 0 Å². The number of amides is 1. The molecule has 0 radical (unpaired) electrons. The van der Waals surface area contributed by atoms with Crippen molar-refractivity contribution in [2.24, 2.45) is 0 Å². The Morgan fingerprint density at radius 2 is 2.03 bits per heavy atom.